The van der Waals surface area contributed by atoms with Gasteiger partial charge in [0.1, 0.15) is 11.3 Å². The maximum atomic E-state index is 11.9. The van der Waals surface area contributed by atoms with Crippen LogP contribution >= 0.6 is 34.9 Å². The molecule has 0 aliphatic rings. The number of carbonyl (C=O) groups is 1. The summed E-state index contributed by atoms with van der Waals surface area (Å²) in [6, 6.07) is 10.4. The number of hydrogen-bond donors (Lipinski definition) is 0. The van der Waals surface area contributed by atoms with Crippen LogP contribution in [-0.2, 0) is 16.2 Å². The Balaban J connectivity index is 1.52. The average Bonchev–Trinajstić information content (AvgIpc) is 3.34. The normalized spacial score (nSPS) is 11.1. The molecule has 0 aliphatic heterocycles. The molecule has 0 radical (unpaired) electrons. The molecule has 2 heterocycles. The van der Waals surface area contributed by atoms with E-state index in [2.05, 4.69) is 48.3 Å². The summed E-state index contributed by atoms with van der Waals surface area (Å²) < 4.78 is 12.2. The number of thioether (sulfide) groups is 2. The summed E-state index contributed by atoms with van der Waals surface area (Å²) >= 11 is 4.74. The largest absolute Gasteiger partial charge is 0.468 e. The van der Waals surface area contributed by atoms with E-state index in [1.807, 2.05) is 0 Å². The molecule has 28 heavy (non-hydrogen) atoms. The molecule has 148 valence electrons. The second-order valence-corrected chi connectivity index (χ2v) is 9.71. The lowest BCUT2D eigenvalue weighted by Crippen LogP contribution is -2.05. The van der Waals surface area contributed by atoms with Crippen LogP contribution in [0, 0.1) is 0 Å². The van der Waals surface area contributed by atoms with E-state index in [0.717, 1.165) is 14.4 Å². The summed E-state index contributed by atoms with van der Waals surface area (Å²) in [5, 5.41) is 8.48. The third-order valence-corrected chi connectivity index (χ3v) is 7.23. The maximum Gasteiger partial charge on any atom is 0.341 e. The van der Waals surface area contributed by atoms with Crippen molar-refractivity contribution in [3.63, 3.8) is 0 Å². The fourth-order valence-electron chi connectivity index (χ4n) is 2.43. The third kappa shape index (κ3) is 5.62. The third-order valence-electron chi connectivity index (χ3n) is 3.96. The van der Waals surface area contributed by atoms with Crippen LogP contribution in [0.25, 0.3) is 0 Å². The lowest BCUT2D eigenvalue weighted by atomic mass is 10.0. The van der Waals surface area contributed by atoms with Gasteiger partial charge in [0, 0.05) is 5.75 Å². The summed E-state index contributed by atoms with van der Waals surface area (Å²) in [5.41, 5.74) is 3.09. The molecule has 0 aliphatic carbocycles. The van der Waals surface area contributed by atoms with Gasteiger partial charge in [0.05, 0.1) is 18.6 Å². The zero-order valence-corrected chi connectivity index (χ0v) is 18.5. The van der Waals surface area contributed by atoms with Gasteiger partial charge in [0.25, 0.3) is 0 Å². The molecule has 1 aromatic carbocycles. The Morgan fingerprint density at radius 1 is 1.11 bits per heavy atom. The van der Waals surface area contributed by atoms with E-state index < -0.39 is 0 Å². The second-order valence-electron chi connectivity index (χ2n) is 6.29. The molecular weight excluding hydrogens is 412 g/mol. The predicted molar refractivity (Wildman–Crippen MR) is 114 cm³/mol. The highest BCUT2D eigenvalue weighted by atomic mass is 32.2. The molecule has 0 bridgehead atoms. The lowest BCUT2D eigenvalue weighted by Gasteiger charge is -2.05. The van der Waals surface area contributed by atoms with Gasteiger partial charge < -0.3 is 9.15 Å². The Bertz CT molecular complexity index is 904. The van der Waals surface area contributed by atoms with Crippen LogP contribution in [0.5, 0.6) is 0 Å². The quantitative estimate of drug-likeness (QED) is 0.301. The van der Waals surface area contributed by atoms with Crippen LogP contribution in [-0.4, -0.2) is 22.8 Å². The fraction of sp³-hybridized carbons (Fsp3) is 0.350. The molecule has 0 atom stereocenters. The first-order valence-electron chi connectivity index (χ1n) is 8.98. The van der Waals surface area contributed by atoms with Gasteiger partial charge in [-0.3, -0.25) is 0 Å². The molecule has 0 unspecified atom stereocenters. The number of esters is 1. The monoisotopic (exact) mass is 434 g/mol. The van der Waals surface area contributed by atoms with Gasteiger partial charge in [-0.05, 0) is 30.0 Å². The minimum absolute atomic E-state index is 0.341. The Hall–Kier alpha value is -1.77. The highest BCUT2D eigenvalue weighted by molar-refractivity contribution is 8.02. The van der Waals surface area contributed by atoms with Crippen LogP contribution in [0.15, 0.2) is 49.7 Å². The number of ether oxygens (including phenoxy) is 1. The number of furan rings is 1. The Labute approximate surface area is 177 Å². The molecular formula is C20H22N2O3S3. The molecule has 0 saturated carbocycles. The molecule has 3 rings (SSSR count). The van der Waals surface area contributed by atoms with E-state index in [4.69, 9.17) is 9.15 Å². The standard InChI is InChI=1S/C20H22N2O3S3/c1-4-24-18(23)16-9-10-25-17(16)12-27-20-22-21-19(28-20)26-11-14-5-7-15(8-6-14)13(2)3/h5-10,13H,4,11-12H2,1-3H3. The van der Waals surface area contributed by atoms with E-state index in [1.165, 1.54) is 29.2 Å². The zero-order valence-electron chi connectivity index (χ0n) is 16.0. The molecule has 0 spiro atoms. The summed E-state index contributed by atoms with van der Waals surface area (Å²) in [7, 11) is 0. The molecule has 0 saturated heterocycles. The summed E-state index contributed by atoms with van der Waals surface area (Å²) in [5.74, 6) is 2.16. The molecule has 3 aromatic rings. The van der Waals surface area contributed by atoms with E-state index in [9.17, 15) is 4.79 Å². The minimum Gasteiger partial charge on any atom is -0.468 e. The summed E-state index contributed by atoms with van der Waals surface area (Å²) in [6.45, 7) is 6.52. The van der Waals surface area contributed by atoms with Gasteiger partial charge in [0.2, 0.25) is 0 Å². The van der Waals surface area contributed by atoms with E-state index in [-0.39, 0.29) is 5.97 Å². The molecule has 5 nitrogen and oxygen atoms in total. The van der Waals surface area contributed by atoms with Crippen molar-refractivity contribution < 1.29 is 13.9 Å². The molecule has 0 amide bonds. The van der Waals surface area contributed by atoms with Crippen molar-refractivity contribution in [3.05, 3.63) is 59.0 Å². The number of rotatable bonds is 9. The molecule has 2 aromatic heterocycles. The van der Waals surface area contributed by atoms with E-state index in [1.54, 1.807) is 36.1 Å². The summed E-state index contributed by atoms with van der Waals surface area (Å²) in [6.07, 6.45) is 1.51. The van der Waals surface area contributed by atoms with Crippen molar-refractivity contribution in [2.75, 3.05) is 6.61 Å². The highest BCUT2D eigenvalue weighted by Crippen LogP contribution is 2.33. The van der Waals surface area contributed by atoms with Gasteiger partial charge >= 0.3 is 5.97 Å². The Morgan fingerprint density at radius 2 is 1.79 bits per heavy atom. The van der Waals surface area contributed by atoms with E-state index in [0.29, 0.717) is 29.6 Å². The van der Waals surface area contributed by atoms with Crippen molar-refractivity contribution in [2.45, 2.75) is 46.9 Å². The van der Waals surface area contributed by atoms with Crippen molar-refractivity contribution in [1.82, 2.24) is 10.2 Å². The topological polar surface area (TPSA) is 65.2 Å². The number of aromatic nitrogens is 2. The predicted octanol–water partition coefficient (Wildman–Crippen LogP) is 6.02. The molecule has 0 N–H and O–H groups in total. The Kier molecular flexibility index (Phi) is 7.58. The fourth-order valence-corrected chi connectivity index (χ4v) is 5.36. The number of hydrogen-bond acceptors (Lipinski definition) is 8. The van der Waals surface area contributed by atoms with E-state index >= 15 is 0 Å². The lowest BCUT2D eigenvalue weighted by molar-refractivity contribution is 0.0524. The van der Waals surface area contributed by atoms with Gasteiger partial charge in [0.15, 0.2) is 8.68 Å². The van der Waals surface area contributed by atoms with Crippen molar-refractivity contribution in [3.8, 4) is 0 Å². The van der Waals surface area contributed by atoms with Gasteiger partial charge in [-0.15, -0.1) is 10.2 Å². The number of carbonyl (C=O) groups excluding carboxylic acids is 1. The van der Waals surface area contributed by atoms with Crippen molar-refractivity contribution in [1.29, 1.82) is 0 Å². The van der Waals surface area contributed by atoms with Crippen molar-refractivity contribution in [2.24, 2.45) is 0 Å². The summed E-state index contributed by atoms with van der Waals surface area (Å²) in [4.78, 5) is 11.9. The van der Waals surface area contributed by atoms with Crippen LogP contribution in [0.4, 0.5) is 0 Å². The number of nitrogens with zero attached hydrogens (tertiary/aromatic N) is 2. The van der Waals surface area contributed by atoms with Gasteiger partial charge in [-0.25, -0.2) is 4.79 Å². The minimum atomic E-state index is -0.358. The van der Waals surface area contributed by atoms with Gasteiger partial charge in [-0.2, -0.15) is 0 Å². The van der Waals surface area contributed by atoms with Crippen LogP contribution < -0.4 is 0 Å². The zero-order chi connectivity index (χ0) is 19.9. The van der Waals surface area contributed by atoms with Crippen molar-refractivity contribution >= 4 is 40.8 Å². The van der Waals surface area contributed by atoms with Crippen LogP contribution in [0.2, 0.25) is 0 Å². The Morgan fingerprint density at radius 3 is 2.43 bits per heavy atom. The van der Waals surface area contributed by atoms with Crippen LogP contribution in [0.1, 0.15) is 53.9 Å². The van der Waals surface area contributed by atoms with Gasteiger partial charge in [-0.1, -0.05) is 73.0 Å². The highest BCUT2D eigenvalue weighted by Gasteiger charge is 2.17. The first kappa shape index (κ1) is 21.0. The second kappa shape index (κ2) is 10.1. The van der Waals surface area contributed by atoms with Crippen LogP contribution in [0.3, 0.4) is 0 Å². The number of benzene rings is 1. The molecule has 8 heteroatoms. The molecule has 0 fully saturated rings. The first-order valence-corrected chi connectivity index (χ1v) is 11.8. The SMILES string of the molecule is CCOC(=O)c1ccoc1CSc1nnc(SCc2ccc(C(C)C)cc2)s1. The smallest absolute Gasteiger partial charge is 0.341 e. The average molecular weight is 435 g/mol. The first-order chi connectivity index (χ1) is 13.6. The maximum absolute atomic E-state index is 11.9.